The minimum Gasteiger partial charge on any atom is -0.259 e. The van der Waals surface area contributed by atoms with E-state index >= 15 is 0 Å². The zero-order valence-corrected chi connectivity index (χ0v) is 6.81. The first-order valence-electron chi connectivity index (χ1n) is 3.57. The number of aryl methyl sites for hydroxylation is 1. The molecule has 0 heterocycles. The van der Waals surface area contributed by atoms with E-state index in [9.17, 15) is 0 Å². The highest BCUT2D eigenvalue weighted by Crippen LogP contribution is 2.12. The maximum Gasteiger partial charge on any atom is 0.00651 e. The maximum atomic E-state index is 6.80. The summed E-state index contributed by atoms with van der Waals surface area (Å²) in [7, 11) is 0. The Morgan fingerprint density at radius 1 is 1.36 bits per heavy atom. The van der Waals surface area contributed by atoms with Crippen LogP contribution in [0.25, 0.3) is 6.08 Å². The van der Waals surface area contributed by atoms with Crippen molar-refractivity contribution in [3.05, 3.63) is 34.9 Å². The van der Waals surface area contributed by atoms with Crippen LogP contribution in [-0.4, -0.2) is 5.87 Å². The lowest BCUT2D eigenvalue weighted by Crippen LogP contribution is -1.84. The molecule has 1 heteroatoms. The number of hydrogen-bond donors (Lipinski definition) is 1. The van der Waals surface area contributed by atoms with E-state index in [4.69, 9.17) is 5.41 Å². The van der Waals surface area contributed by atoms with E-state index in [0.29, 0.717) is 0 Å². The van der Waals surface area contributed by atoms with Crippen LogP contribution < -0.4 is 0 Å². The molecular weight excluding hydrogens is 134 g/mol. The molecule has 0 fully saturated rings. The molecule has 0 atom stereocenters. The molecule has 1 aromatic rings. The second kappa shape index (κ2) is 3.18. The molecular formula is C10H11N. The zero-order chi connectivity index (χ0) is 8.27. The van der Waals surface area contributed by atoms with E-state index < -0.39 is 0 Å². The van der Waals surface area contributed by atoms with Crippen LogP contribution in [0.2, 0.25) is 0 Å². The SMILES string of the molecule is Cc1cccc(C=C=N)c1C. The normalized spacial score (nSPS) is 8.91. The van der Waals surface area contributed by atoms with Crippen LogP contribution in [0.4, 0.5) is 0 Å². The summed E-state index contributed by atoms with van der Waals surface area (Å²) in [6.07, 6.45) is 1.68. The summed E-state index contributed by atoms with van der Waals surface area (Å²) in [5.74, 6) is 2.28. The van der Waals surface area contributed by atoms with E-state index in [1.165, 1.54) is 11.1 Å². The predicted molar refractivity (Wildman–Crippen MR) is 48.1 cm³/mol. The molecule has 11 heavy (non-hydrogen) atoms. The fourth-order valence-electron chi connectivity index (χ4n) is 1.01. The molecule has 56 valence electrons. The summed E-state index contributed by atoms with van der Waals surface area (Å²) in [4.78, 5) is 0. The van der Waals surface area contributed by atoms with Crippen LogP contribution in [0.3, 0.4) is 0 Å². The molecule has 0 saturated heterocycles. The predicted octanol–water partition coefficient (Wildman–Crippen LogP) is 2.57. The van der Waals surface area contributed by atoms with Gasteiger partial charge in [0.25, 0.3) is 0 Å². The van der Waals surface area contributed by atoms with Crippen LogP contribution in [0.1, 0.15) is 16.7 Å². The van der Waals surface area contributed by atoms with Crippen LogP contribution in [0, 0.1) is 19.3 Å². The Bertz CT molecular complexity index is 307. The van der Waals surface area contributed by atoms with Gasteiger partial charge in [-0.25, -0.2) is 0 Å². The van der Waals surface area contributed by atoms with Crippen molar-refractivity contribution in [3.63, 3.8) is 0 Å². The molecule has 0 aliphatic rings. The number of rotatable bonds is 1. The van der Waals surface area contributed by atoms with Crippen LogP contribution in [0.15, 0.2) is 18.2 Å². The second-order valence-corrected chi connectivity index (χ2v) is 2.58. The minimum absolute atomic E-state index is 1.08. The van der Waals surface area contributed by atoms with Crippen molar-refractivity contribution in [2.75, 3.05) is 0 Å². The Morgan fingerprint density at radius 2 is 2.09 bits per heavy atom. The van der Waals surface area contributed by atoms with Crippen molar-refractivity contribution in [2.24, 2.45) is 0 Å². The van der Waals surface area contributed by atoms with Gasteiger partial charge in [-0.1, -0.05) is 18.2 Å². The van der Waals surface area contributed by atoms with E-state index in [-0.39, 0.29) is 0 Å². The van der Waals surface area contributed by atoms with Gasteiger partial charge in [0, 0.05) is 6.08 Å². The van der Waals surface area contributed by atoms with E-state index in [2.05, 4.69) is 25.8 Å². The number of nitrogens with one attached hydrogen (secondary N) is 1. The summed E-state index contributed by atoms with van der Waals surface area (Å²) >= 11 is 0. The molecule has 0 unspecified atom stereocenters. The van der Waals surface area contributed by atoms with Gasteiger partial charge in [0.15, 0.2) is 0 Å². The summed E-state index contributed by atoms with van der Waals surface area (Å²) in [6, 6.07) is 6.05. The van der Waals surface area contributed by atoms with Crippen molar-refractivity contribution in [3.8, 4) is 0 Å². The smallest absolute Gasteiger partial charge is 0.00651 e. The Balaban J connectivity index is 3.26. The van der Waals surface area contributed by atoms with Crippen molar-refractivity contribution >= 4 is 11.9 Å². The summed E-state index contributed by atoms with van der Waals surface area (Å²) in [5, 5.41) is 6.80. The van der Waals surface area contributed by atoms with Crippen molar-refractivity contribution in [2.45, 2.75) is 13.8 Å². The standard InChI is InChI=1S/C10H11N/c1-8-4-3-5-10(6-7-11)9(8)2/h3-6,11H,1-2H3. The molecule has 1 N–H and O–H groups in total. The topological polar surface area (TPSA) is 23.9 Å². The molecule has 0 amide bonds. The summed E-state index contributed by atoms with van der Waals surface area (Å²) in [5.41, 5.74) is 3.57. The quantitative estimate of drug-likeness (QED) is 0.587. The van der Waals surface area contributed by atoms with Gasteiger partial charge in [0.05, 0.1) is 0 Å². The van der Waals surface area contributed by atoms with Crippen molar-refractivity contribution < 1.29 is 0 Å². The van der Waals surface area contributed by atoms with Crippen LogP contribution >= 0.6 is 0 Å². The lowest BCUT2D eigenvalue weighted by Gasteiger charge is -2.01. The fourth-order valence-corrected chi connectivity index (χ4v) is 1.01. The highest BCUT2D eigenvalue weighted by Gasteiger charge is 1.94. The van der Waals surface area contributed by atoms with Gasteiger partial charge in [0.1, 0.15) is 0 Å². The highest BCUT2D eigenvalue weighted by atomic mass is 14.3. The Kier molecular flexibility index (Phi) is 2.25. The summed E-state index contributed by atoms with van der Waals surface area (Å²) < 4.78 is 0. The second-order valence-electron chi connectivity index (χ2n) is 2.58. The molecule has 1 aromatic carbocycles. The van der Waals surface area contributed by atoms with Gasteiger partial charge in [-0.3, -0.25) is 5.41 Å². The Morgan fingerprint density at radius 3 is 2.73 bits per heavy atom. The first-order valence-corrected chi connectivity index (χ1v) is 3.57. The molecule has 1 rings (SSSR count). The van der Waals surface area contributed by atoms with E-state index in [0.717, 1.165) is 5.56 Å². The monoisotopic (exact) mass is 145 g/mol. The summed E-state index contributed by atoms with van der Waals surface area (Å²) in [6.45, 7) is 4.12. The van der Waals surface area contributed by atoms with Gasteiger partial charge in [0.2, 0.25) is 0 Å². The van der Waals surface area contributed by atoms with Gasteiger partial charge >= 0.3 is 0 Å². The zero-order valence-electron chi connectivity index (χ0n) is 6.81. The van der Waals surface area contributed by atoms with Gasteiger partial charge in [-0.05, 0) is 36.4 Å². The van der Waals surface area contributed by atoms with Gasteiger partial charge < -0.3 is 0 Å². The number of benzene rings is 1. The molecule has 0 radical (unpaired) electrons. The molecule has 0 saturated carbocycles. The molecule has 0 bridgehead atoms. The van der Waals surface area contributed by atoms with E-state index in [1.54, 1.807) is 6.08 Å². The molecule has 0 aliphatic carbocycles. The van der Waals surface area contributed by atoms with Gasteiger partial charge in [-0.2, -0.15) is 0 Å². The lowest BCUT2D eigenvalue weighted by atomic mass is 10.0. The molecule has 0 spiro atoms. The third kappa shape index (κ3) is 1.57. The Labute approximate surface area is 66.9 Å². The first-order chi connectivity index (χ1) is 5.25. The van der Waals surface area contributed by atoms with Crippen molar-refractivity contribution in [1.29, 1.82) is 5.41 Å². The minimum atomic E-state index is 1.08. The largest absolute Gasteiger partial charge is 0.259 e. The lowest BCUT2D eigenvalue weighted by molar-refractivity contribution is 1.33. The number of hydrogen-bond acceptors (Lipinski definition) is 1. The molecule has 0 aromatic heterocycles. The van der Waals surface area contributed by atoms with Crippen LogP contribution in [-0.2, 0) is 0 Å². The molecule has 1 nitrogen and oxygen atoms in total. The highest BCUT2D eigenvalue weighted by molar-refractivity contribution is 5.77. The van der Waals surface area contributed by atoms with Crippen molar-refractivity contribution in [1.82, 2.24) is 0 Å². The van der Waals surface area contributed by atoms with Crippen LogP contribution in [0.5, 0.6) is 0 Å². The fraction of sp³-hybridized carbons (Fsp3) is 0.200. The third-order valence-electron chi connectivity index (χ3n) is 1.87. The first kappa shape index (κ1) is 7.77. The third-order valence-corrected chi connectivity index (χ3v) is 1.87. The maximum absolute atomic E-state index is 6.80. The van der Waals surface area contributed by atoms with Gasteiger partial charge in [-0.15, -0.1) is 0 Å². The molecule has 0 aliphatic heterocycles. The average Bonchev–Trinajstić information content (AvgIpc) is 1.99. The Hall–Kier alpha value is -1.33. The van der Waals surface area contributed by atoms with E-state index in [1.807, 2.05) is 12.1 Å². The average molecular weight is 145 g/mol.